The maximum atomic E-state index is 11.4. The van der Waals surface area contributed by atoms with Crippen molar-refractivity contribution < 1.29 is 9.53 Å². The molecule has 2 rings (SSSR count). The fourth-order valence-electron chi connectivity index (χ4n) is 2.35. The summed E-state index contributed by atoms with van der Waals surface area (Å²) in [4.78, 5) is 13.5. The van der Waals surface area contributed by atoms with Crippen LogP contribution in [0.15, 0.2) is 18.2 Å². The molecule has 0 radical (unpaired) electrons. The molecule has 1 atom stereocenters. The molecule has 0 fully saturated rings. The number of rotatable bonds is 5. The largest absolute Gasteiger partial charge is 0.493 e. The molecular formula is C15H22N2O2. The summed E-state index contributed by atoms with van der Waals surface area (Å²) in [5.74, 6) is 1.09. The van der Waals surface area contributed by atoms with Crippen molar-refractivity contribution in [3.63, 3.8) is 0 Å². The van der Waals surface area contributed by atoms with Crippen LogP contribution >= 0.6 is 0 Å². The summed E-state index contributed by atoms with van der Waals surface area (Å²) >= 11 is 0. The van der Waals surface area contributed by atoms with Crippen LogP contribution in [0.25, 0.3) is 0 Å². The van der Waals surface area contributed by atoms with Gasteiger partial charge in [-0.2, -0.15) is 0 Å². The van der Waals surface area contributed by atoms with Crippen LogP contribution in [-0.2, 0) is 11.2 Å². The Bertz CT molecular complexity index is 457. The molecule has 4 nitrogen and oxygen atoms in total. The van der Waals surface area contributed by atoms with Crippen molar-refractivity contribution in [1.82, 2.24) is 10.2 Å². The van der Waals surface area contributed by atoms with E-state index in [2.05, 4.69) is 22.3 Å². The van der Waals surface area contributed by atoms with Gasteiger partial charge in [-0.05, 0) is 31.3 Å². The fraction of sp³-hybridized carbons (Fsp3) is 0.533. The summed E-state index contributed by atoms with van der Waals surface area (Å²) in [5.41, 5.74) is 2.50. The van der Waals surface area contributed by atoms with Crippen molar-refractivity contribution in [3.8, 4) is 5.75 Å². The Morgan fingerprint density at radius 3 is 2.95 bits per heavy atom. The highest BCUT2D eigenvalue weighted by Crippen LogP contribution is 2.29. The molecule has 1 aromatic carbocycles. The molecule has 1 aliphatic heterocycles. The van der Waals surface area contributed by atoms with Crippen molar-refractivity contribution >= 4 is 5.91 Å². The van der Waals surface area contributed by atoms with Crippen LogP contribution in [0.1, 0.15) is 30.5 Å². The van der Waals surface area contributed by atoms with Crippen molar-refractivity contribution in [2.75, 3.05) is 27.2 Å². The van der Waals surface area contributed by atoms with E-state index in [9.17, 15) is 4.79 Å². The van der Waals surface area contributed by atoms with Gasteiger partial charge < -0.3 is 15.0 Å². The van der Waals surface area contributed by atoms with Gasteiger partial charge in [-0.15, -0.1) is 0 Å². The quantitative estimate of drug-likeness (QED) is 0.879. The molecule has 1 heterocycles. The van der Waals surface area contributed by atoms with Gasteiger partial charge in [0.2, 0.25) is 5.91 Å². The van der Waals surface area contributed by atoms with E-state index in [0.29, 0.717) is 13.0 Å². The average Bonchev–Trinajstić information content (AvgIpc) is 2.85. The van der Waals surface area contributed by atoms with Gasteiger partial charge in [0.15, 0.2) is 0 Å². The summed E-state index contributed by atoms with van der Waals surface area (Å²) in [7, 11) is 4.07. The Kier molecular flexibility index (Phi) is 4.43. The van der Waals surface area contributed by atoms with Crippen LogP contribution in [0.5, 0.6) is 5.75 Å². The summed E-state index contributed by atoms with van der Waals surface area (Å²) in [6, 6.07) is 6.52. The molecule has 1 amide bonds. The molecule has 1 unspecified atom stereocenters. The smallest absolute Gasteiger partial charge is 0.219 e. The first kappa shape index (κ1) is 13.9. The number of carbonyl (C=O) groups excluding carboxylic acids is 1. The third-order valence-corrected chi connectivity index (χ3v) is 3.54. The lowest BCUT2D eigenvalue weighted by Gasteiger charge is -2.25. The first-order valence-corrected chi connectivity index (χ1v) is 6.80. The first-order valence-electron chi connectivity index (χ1n) is 6.80. The third-order valence-electron chi connectivity index (χ3n) is 3.54. The number of fused-ring (bicyclic) bond motifs is 1. The van der Waals surface area contributed by atoms with Gasteiger partial charge in [0.1, 0.15) is 5.75 Å². The maximum Gasteiger partial charge on any atom is 0.219 e. The van der Waals surface area contributed by atoms with Crippen LogP contribution < -0.4 is 10.1 Å². The molecule has 1 aliphatic rings. The topological polar surface area (TPSA) is 41.6 Å². The van der Waals surface area contributed by atoms with Crippen molar-refractivity contribution in [1.29, 1.82) is 0 Å². The third kappa shape index (κ3) is 3.26. The molecule has 1 N–H and O–H groups in total. The lowest BCUT2D eigenvalue weighted by atomic mass is 10.0. The summed E-state index contributed by atoms with van der Waals surface area (Å²) in [6.07, 6.45) is 1.50. The normalized spacial score (nSPS) is 14.9. The number of hydrogen-bond donors (Lipinski definition) is 1. The molecule has 0 spiro atoms. The fourth-order valence-corrected chi connectivity index (χ4v) is 2.35. The van der Waals surface area contributed by atoms with E-state index in [1.54, 1.807) is 0 Å². The maximum absolute atomic E-state index is 11.4. The number of carbonyl (C=O) groups is 1. The van der Waals surface area contributed by atoms with Crippen LogP contribution in [0.4, 0.5) is 0 Å². The molecule has 104 valence electrons. The summed E-state index contributed by atoms with van der Waals surface area (Å²) in [6.45, 7) is 3.28. The Balaban J connectivity index is 2.12. The number of hydrogen-bond acceptors (Lipinski definition) is 3. The Morgan fingerprint density at radius 1 is 1.47 bits per heavy atom. The Morgan fingerprint density at radius 2 is 2.26 bits per heavy atom. The zero-order valence-corrected chi connectivity index (χ0v) is 11.9. The van der Waals surface area contributed by atoms with E-state index < -0.39 is 0 Å². The molecule has 1 aromatic rings. The second kappa shape index (κ2) is 6.06. The van der Waals surface area contributed by atoms with Crippen molar-refractivity contribution in [2.24, 2.45) is 0 Å². The second-order valence-electron chi connectivity index (χ2n) is 5.10. The van der Waals surface area contributed by atoms with Crippen LogP contribution in [0.3, 0.4) is 0 Å². The number of benzene rings is 1. The first-order chi connectivity index (χ1) is 9.11. The highest BCUT2D eigenvalue weighted by molar-refractivity contribution is 5.75. The van der Waals surface area contributed by atoms with Gasteiger partial charge in [-0.1, -0.05) is 19.1 Å². The number of amides is 1. The van der Waals surface area contributed by atoms with Crippen molar-refractivity contribution in [3.05, 3.63) is 29.3 Å². The average molecular weight is 262 g/mol. The van der Waals surface area contributed by atoms with Gasteiger partial charge in [0.05, 0.1) is 12.6 Å². The van der Waals surface area contributed by atoms with Crippen LogP contribution in [0, 0.1) is 0 Å². The molecule has 0 saturated carbocycles. The van der Waals surface area contributed by atoms with Gasteiger partial charge >= 0.3 is 0 Å². The molecular weight excluding hydrogens is 240 g/mol. The number of ether oxygens (including phenoxy) is 1. The Labute approximate surface area is 114 Å². The standard InChI is InChI=1S/C15H22N2O2/c1-4-15(18)16-10-13(17(2)3)11-5-6-14-12(9-11)7-8-19-14/h5-6,9,13H,4,7-8,10H2,1-3H3,(H,16,18). The monoisotopic (exact) mass is 262 g/mol. The second-order valence-corrected chi connectivity index (χ2v) is 5.10. The van der Waals surface area contributed by atoms with E-state index in [4.69, 9.17) is 4.74 Å². The van der Waals surface area contributed by atoms with E-state index in [0.717, 1.165) is 18.8 Å². The SMILES string of the molecule is CCC(=O)NCC(c1ccc2c(c1)CCO2)N(C)C. The van der Waals surface area contributed by atoms with Crippen LogP contribution in [0.2, 0.25) is 0 Å². The highest BCUT2D eigenvalue weighted by Gasteiger charge is 2.18. The predicted molar refractivity (Wildman–Crippen MR) is 75.4 cm³/mol. The van der Waals surface area contributed by atoms with Gasteiger partial charge in [0, 0.05) is 19.4 Å². The minimum absolute atomic E-state index is 0.0938. The van der Waals surface area contributed by atoms with E-state index in [-0.39, 0.29) is 11.9 Å². The number of nitrogens with zero attached hydrogens (tertiary/aromatic N) is 1. The number of nitrogens with one attached hydrogen (secondary N) is 1. The molecule has 0 aliphatic carbocycles. The van der Waals surface area contributed by atoms with Gasteiger partial charge in [-0.3, -0.25) is 4.79 Å². The zero-order valence-electron chi connectivity index (χ0n) is 11.9. The molecule has 0 bridgehead atoms. The highest BCUT2D eigenvalue weighted by atomic mass is 16.5. The van der Waals surface area contributed by atoms with Gasteiger partial charge in [0.25, 0.3) is 0 Å². The van der Waals surface area contributed by atoms with E-state index >= 15 is 0 Å². The lowest BCUT2D eigenvalue weighted by Crippen LogP contribution is -2.34. The minimum Gasteiger partial charge on any atom is -0.493 e. The summed E-state index contributed by atoms with van der Waals surface area (Å²) < 4.78 is 5.53. The molecule has 0 aromatic heterocycles. The predicted octanol–water partition coefficient (Wildman–Crippen LogP) is 1.75. The van der Waals surface area contributed by atoms with E-state index in [1.165, 1.54) is 11.1 Å². The lowest BCUT2D eigenvalue weighted by molar-refractivity contribution is -0.121. The zero-order chi connectivity index (χ0) is 13.8. The molecule has 0 saturated heterocycles. The van der Waals surface area contributed by atoms with Crippen LogP contribution in [-0.4, -0.2) is 38.1 Å². The minimum atomic E-state index is 0.0938. The van der Waals surface area contributed by atoms with E-state index in [1.807, 2.05) is 27.1 Å². The molecule has 4 heteroatoms. The summed E-state index contributed by atoms with van der Waals surface area (Å²) in [5, 5.41) is 2.97. The van der Waals surface area contributed by atoms with Crippen molar-refractivity contribution in [2.45, 2.75) is 25.8 Å². The van der Waals surface area contributed by atoms with Gasteiger partial charge in [-0.25, -0.2) is 0 Å². The molecule has 19 heavy (non-hydrogen) atoms. The Hall–Kier alpha value is -1.55. The number of likely N-dealkylation sites (N-methyl/N-ethyl adjacent to an activating group) is 1.